The highest BCUT2D eigenvalue weighted by Crippen LogP contribution is 2.30. The Morgan fingerprint density at radius 3 is 3.19 bits per heavy atom. The van der Waals surface area contributed by atoms with Crippen molar-refractivity contribution in [3.63, 3.8) is 0 Å². The van der Waals surface area contributed by atoms with Crippen LogP contribution in [0, 0.1) is 0 Å². The van der Waals surface area contributed by atoms with Crippen LogP contribution in [0.15, 0.2) is 11.6 Å². The van der Waals surface area contributed by atoms with Crippen LogP contribution in [0.25, 0.3) is 4.96 Å². The van der Waals surface area contributed by atoms with Gasteiger partial charge >= 0.3 is 0 Å². The van der Waals surface area contributed by atoms with E-state index in [9.17, 15) is 0 Å². The van der Waals surface area contributed by atoms with Gasteiger partial charge in [-0.15, -0.1) is 11.3 Å². The lowest BCUT2D eigenvalue weighted by molar-refractivity contribution is 0.230. The van der Waals surface area contributed by atoms with Crippen LogP contribution in [0.2, 0.25) is 0 Å². The summed E-state index contributed by atoms with van der Waals surface area (Å²) < 4.78 is 2.23. The second kappa shape index (κ2) is 5.26. The third-order valence-electron chi connectivity index (χ3n) is 4.74. The number of anilines is 1. The van der Waals surface area contributed by atoms with Crippen molar-refractivity contribution < 1.29 is 0 Å². The molecule has 0 radical (unpaired) electrons. The molecule has 0 amide bonds. The maximum atomic E-state index is 6.06. The van der Waals surface area contributed by atoms with Crippen LogP contribution in [-0.4, -0.2) is 52.5 Å². The highest BCUT2D eigenvalue weighted by Gasteiger charge is 2.32. The van der Waals surface area contributed by atoms with Crippen LogP contribution in [0.3, 0.4) is 0 Å². The number of imidazole rings is 1. The molecule has 2 N–H and O–H groups in total. The van der Waals surface area contributed by atoms with Crippen molar-refractivity contribution in [3.8, 4) is 0 Å². The highest BCUT2D eigenvalue weighted by atomic mass is 32.1. The fraction of sp³-hybridized carbons (Fsp3) is 0.667. The van der Waals surface area contributed by atoms with Gasteiger partial charge in [0.25, 0.3) is 0 Å². The monoisotopic (exact) mass is 305 g/mol. The summed E-state index contributed by atoms with van der Waals surface area (Å²) in [5.41, 5.74) is 7.35. The first-order valence-electron chi connectivity index (χ1n) is 7.91. The Morgan fingerprint density at radius 1 is 1.43 bits per heavy atom. The minimum atomic E-state index is 0.163. The fourth-order valence-electron chi connectivity index (χ4n) is 3.75. The molecule has 2 unspecified atom stereocenters. The Bertz CT molecular complexity index is 631. The smallest absolute Gasteiger partial charge is 0.195 e. The van der Waals surface area contributed by atoms with Gasteiger partial charge in [0.2, 0.25) is 0 Å². The zero-order chi connectivity index (χ0) is 14.4. The fourth-order valence-corrected chi connectivity index (χ4v) is 4.48. The van der Waals surface area contributed by atoms with Gasteiger partial charge in [-0.2, -0.15) is 0 Å². The molecule has 0 aliphatic carbocycles. The Labute approximate surface area is 129 Å². The van der Waals surface area contributed by atoms with Gasteiger partial charge in [-0.1, -0.05) is 0 Å². The molecule has 2 aromatic rings. The minimum absolute atomic E-state index is 0.163. The molecule has 21 heavy (non-hydrogen) atoms. The van der Waals surface area contributed by atoms with Gasteiger partial charge in [0.1, 0.15) is 0 Å². The number of hydrogen-bond acceptors (Lipinski definition) is 5. The molecule has 0 spiro atoms. The molecule has 2 aliphatic rings. The molecule has 4 heterocycles. The summed E-state index contributed by atoms with van der Waals surface area (Å²) in [5, 5.41) is 2.10. The second-order valence-corrected chi connectivity index (χ2v) is 7.27. The summed E-state index contributed by atoms with van der Waals surface area (Å²) in [6.45, 7) is 6.74. The molecule has 2 fully saturated rings. The maximum absolute atomic E-state index is 6.06. The summed E-state index contributed by atoms with van der Waals surface area (Å²) >= 11 is 1.71. The first kappa shape index (κ1) is 13.5. The first-order chi connectivity index (χ1) is 10.2. The van der Waals surface area contributed by atoms with Gasteiger partial charge in [0, 0.05) is 49.7 Å². The Morgan fingerprint density at radius 2 is 2.33 bits per heavy atom. The molecule has 4 rings (SSSR count). The predicted octanol–water partition coefficient (Wildman–Crippen LogP) is 1.57. The Kier molecular flexibility index (Phi) is 3.40. The van der Waals surface area contributed by atoms with Crippen LogP contribution in [-0.2, 0) is 6.42 Å². The van der Waals surface area contributed by atoms with E-state index in [4.69, 9.17) is 10.7 Å². The molecular formula is C15H23N5S. The van der Waals surface area contributed by atoms with Crippen LogP contribution in [0.1, 0.15) is 25.5 Å². The van der Waals surface area contributed by atoms with E-state index >= 15 is 0 Å². The molecule has 2 aliphatic heterocycles. The van der Waals surface area contributed by atoms with E-state index in [1.54, 1.807) is 11.3 Å². The summed E-state index contributed by atoms with van der Waals surface area (Å²) in [6, 6.07) is 0.887. The SMILES string of the molecule is CC(N)Cc1c(N2CCN3CCCC3C2)nc2sccn12. The molecule has 2 aromatic heterocycles. The molecule has 0 bridgehead atoms. The third kappa shape index (κ3) is 2.35. The average molecular weight is 305 g/mol. The molecule has 2 saturated heterocycles. The molecule has 114 valence electrons. The standard InChI is InChI=1S/C15H23N5S/c1-11(16)9-13-14(17-15-20(13)7-8-21-15)19-6-5-18-4-2-3-12(18)10-19/h7-8,11-12H,2-6,9-10,16H2,1H3. The van der Waals surface area contributed by atoms with Crippen LogP contribution >= 0.6 is 11.3 Å². The third-order valence-corrected chi connectivity index (χ3v) is 5.50. The van der Waals surface area contributed by atoms with Crippen molar-refractivity contribution in [1.29, 1.82) is 0 Å². The summed E-state index contributed by atoms with van der Waals surface area (Å²) in [6.07, 6.45) is 5.70. The van der Waals surface area contributed by atoms with Gasteiger partial charge in [-0.05, 0) is 26.3 Å². The number of piperazine rings is 1. The van der Waals surface area contributed by atoms with Crippen molar-refractivity contribution in [1.82, 2.24) is 14.3 Å². The molecule has 5 nitrogen and oxygen atoms in total. The zero-order valence-electron chi connectivity index (χ0n) is 12.5. The van der Waals surface area contributed by atoms with E-state index in [0.29, 0.717) is 0 Å². The summed E-state index contributed by atoms with van der Waals surface area (Å²) in [4.78, 5) is 11.1. The number of nitrogens with two attached hydrogens (primary N) is 1. The van der Waals surface area contributed by atoms with E-state index in [1.807, 2.05) is 0 Å². The maximum Gasteiger partial charge on any atom is 0.195 e. The Hall–Kier alpha value is -1.11. The summed E-state index contributed by atoms with van der Waals surface area (Å²) in [7, 11) is 0. The number of nitrogens with zero attached hydrogens (tertiary/aromatic N) is 4. The molecule has 6 heteroatoms. The van der Waals surface area contributed by atoms with E-state index in [-0.39, 0.29) is 6.04 Å². The number of rotatable bonds is 3. The topological polar surface area (TPSA) is 49.8 Å². The van der Waals surface area contributed by atoms with Gasteiger partial charge in [-0.3, -0.25) is 9.30 Å². The van der Waals surface area contributed by atoms with Crippen molar-refractivity contribution in [2.24, 2.45) is 5.73 Å². The van der Waals surface area contributed by atoms with Crippen molar-refractivity contribution in [2.45, 2.75) is 38.3 Å². The quantitative estimate of drug-likeness (QED) is 0.935. The van der Waals surface area contributed by atoms with Crippen LogP contribution in [0.5, 0.6) is 0 Å². The molecule has 0 aromatic carbocycles. The number of hydrogen-bond donors (Lipinski definition) is 1. The zero-order valence-corrected chi connectivity index (χ0v) is 13.4. The number of thiazole rings is 1. The van der Waals surface area contributed by atoms with E-state index < -0.39 is 0 Å². The van der Waals surface area contributed by atoms with Gasteiger partial charge < -0.3 is 10.6 Å². The largest absolute Gasteiger partial charge is 0.352 e. The van der Waals surface area contributed by atoms with Gasteiger partial charge in [-0.25, -0.2) is 4.98 Å². The molecular weight excluding hydrogens is 282 g/mol. The number of fused-ring (bicyclic) bond motifs is 2. The van der Waals surface area contributed by atoms with Crippen LogP contribution in [0.4, 0.5) is 5.82 Å². The average Bonchev–Trinajstić information content (AvgIpc) is 3.14. The van der Waals surface area contributed by atoms with Crippen LogP contribution < -0.4 is 10.6 Å². The predicted molar refractivity (Wildman–Crippen MR) is 87.2 cm³/mol. The van der Waals surface area contributed by atoms with Gasteiger partial charge in [0.15, 0.2) is 10.8 Å². The second-order valence-electron chi connectivity index (χ2n) is 6.40. The Balaban J connectivity index is 1.67. The highest BCUT2D eigenvalue weighted by molar-refractivity contribution is 7.15. The number of aromatic nitrogens is 2. The van der Waals surface area contributed by atoms with Crippen molar-refractivity contribution >= 4 is 22.1 Å². The molecule has 2 atom stereocenters. The van der Waals surface area contributed by atoms with E-state index in [1.165, 1.54) is 37.4 Å². The van der Waals surface area contributed by atoms with E-state index in [0.717, 1.165) is 30.5 Å². The lowest BCUT2D eigenvalue weighted by atomic mass is 10.1. The van der Waals surface area contributed by atoms with Crippen molar-refractivity contribution in [2.75, 3.05) is 31.1 Å². The lowest BCUT2D eigenvalue weighted by Gasteiger charge is -2.38. The minimum Gasteiger partial charge on any atom is -0.352 e. The lowest BCUT2D eigenvalue weighted by Crippen LogP contribution is -2.50. The normalized spacial score (nSPS) is 24.7. The van der Waals surface area contributed by atoms with Gasteiger partial charge in [0.05, 0.1) is 5.69 Å². The first-order valence-corrected chi connectivity index (χ1v) is 8.79. The molecule has 0 saturated carbocycles. The van der Waals surface area contributed by atoms with Crippen molar-refractivity contribution in [3.05, 3.63) is 17.3 Å². The van der Waals surface area contributed by atoms with E-state index in [2.05, 4.69) is 32.7 Å². The summed E-state index contributed by atoms with van der Waals surface area (Å²) in [5.74, 6) is 1.17.